The smallest absolute Gasteiger partial charge is 0.416 e. The Balaban J connectivity index is -0.000000241. The van der Waals surface area contributed by atoms with Gasteiger partial charge in [0.15, 0.2) is 29.4 Å². The number of ketones is 3. The molecule has 0 aliphatic heterocycles. The maximum absolute atomic E-state index is 11.7. The van der Waals surface area contributed by atoms with E-state index in [0.717, 1.165) is 16.8 Å². The van der Waals surface area contributed by atoms with Crippen molar-refractivity contribution in [2.24, 2.45) is 98.3 Å². The molecule has 0 aliphatic carbocycles. The third-order valence-corrected chi connectivity index (χ3v) is 11.1. The molecule has 2 atom stereocenters. The monoisotopic (exact) mass is 1300 g/mol. The van der Waals surface area contributed by atoms with Crippen molar-refractivity contribution in [1.82, 2.24) is 25.3 Å². The Morgan fingerprint density at radius 1 is 0.626 bits per heavy atom. The fourth-order valence-corrected chi connectivity index (χ4v) is 5.00. The van der Waals surface area contributed by atoms with Gasteiger partial charge in [0.05, 0.1) is 45.8 Å². The number of aliphatic imine (C=N–C) groups is 4. The number of ether oxygens (including phenoxy) is 2. The molecule has 0 saturated carbocycles. The van der Waals surface area contributed by atoms with Crippen molar-refractivity contribution < 1.29 is 57.8 Å². The number of aliphatic hydroxyl groups excluding tert-OH is 2. The SMILES string of the molecule is CC(C)(C)C(=O)CCCC(=O)[C@H](O)C(C)(C)CO.CC(C)(C)C(=O)[C@@H](N)CCCN=C(N)N.CC(C)CC[N+](C)(C)C.CN(C)C(=N)N=C(N)NC(=O)OCOC(=O)C(C)(C)C.CN(C)C(N)=NC(=N)NC(=O)C(C)(C)C.CN(C)C(N)=NC(N)=NOC(C)(C)C. The zero-order chi connectivity index (χ0) is 73.6. The van der Waals surface area contributed by atoms with Gasteiger partial charge in [0.1, 0.15) is 17.5 Å². The number of alkyl carbamates (subject to hydrolysis) is 1. The second-order valence-electron chi connectivity index (χ2n) is 28.9. The first-order valence-electron chi connectivity index (χ1n) is 29.8. The summed E-state index contributed by atoms with van der Waals surface area (Å²) in [5.41, 5.74) is 34.7. The van der Waals surface area contributed by atoms with Crippen molar-refractivity contribution in [2.45, 2.75) is 188 Å². The quantitative estimate of drug-likeness (QED) is 0.0178. The molecule has 0 fully saturated rings. The number of amides is 2. The summed E-state index contributed by atoms with van der Waals surface area (Å²) in [7, 11) is 16.8. The van der Waals surface area contributed by atoms with E-state index in [1.165, 1.54) is 17.9 Å². The average Bonchev–Trinajstić information content (AvgIpc) is 2.02. The van der Waals surface area contributed by atoms with E-state index in [2.05, 4.69) is 75.5 Å². The molecule has 2 amide bonds. The van der Waals surface area contributed by atoms with E-state index in [1.807, 2.05) is 62.3 Å². The third-order valence-electron chi connectivity index (χ3n) is 11.1. The number of rotatable bonds is 18. The van der Waals surface area contributed by atoms with Crippen LogP contribution in [0.1, 0.15) is 170 Å². The maximum Gasteiger partial charge on any atom is 0.416 e. The van der Waals surface area contributed by atoms with E-state index in [-0.39, 0.29) is 94.4 Å². The van der Waals surface area contributed by atoms with Crippen LogP contribution in [-0.2, 0) is 38.3 Å². The van der Waals surface area contributed by atoms with Gasteiger partial charge in [0, 0.05) is 83.3 Å². The lowest BCUT2D eigenvalue weighted by atomic mass is 9.83. The first-order chi connectivity index (χ1) is 40.6. The number of nitrogens with zero attached hydrogens (tertiary/aromatic N) is 9. The number of carbonyl (C=O) groups is 6. The Hall–Kier alpha value is -7.25. The third kappa shape index (κ3) is 57.6. The zero-order valence-electron chi connectivity index (χ0n) is 60.9. The number of carbonyl (C=O) groups excluding carboxylic acids is 6. The minimum absolute atomic E-state index is 0.00567. The molecule has 532 valence electrons. The van der Waals surface area contributed by atoms with Crippen molar-refractivity contribution >= 4 is 77.0 Å². The van der Waals surface area contributed by atoms with Crippen LogP contribution in [0.4, 0.5) is 4.79 Å². The summed E-state index contributed by atoms with van der Waals surface area (Å²) in [6, 6.07) is -0.417. The number of hydrogen-bond donors (Lipinski definition) is 13. The summed E-state index contributed by atoms with van der Waals surface area (Å²) >= 11 is 0. The number of hydrogen-bond acceptors (Lipinski definition) is 16. The zero-order valence-corrected chi connectivity index (χ0v) is 60.9. The second-order valence-corrected chi connectivity index (χ2v) is 28.9. The molecule has 31 nitrogen and oxygen atoms in total. The largest absolute Gasteiger partial charge is 0.427 e. The molecule has 0 heterocycles. The van der Waals surface area contributed by atoms with Crippen molar-refractivity contribution in [3.63, 3.8) is 0 Å². The summed E-state index contributed by atoms with van der Waals surface area (Å²) in [4.78, 5) is 93.7. The molecule has 0 aliphatic rings. The number of nitrogens with two attached hydrogens (primary N) is 7. The molecule has 0 aromatic carbocycles. The summed E-state index contributed by atoms with van der Waals surface area (Å²) in [5, 5.41) is 41.7. The summed E-state index contributed by atoms with van der Waals surface area (Å²) in [6.07, 6.45) is 1.55. The molecule has 31 heteroatoms. The standard InChI is InChI=1S/C14H26O4.C11H21N5O4.C10H22N4O.C9H19N5O.C8H19N5O.C8H20N/c1-13(2,3)11(17)8-6-7-10(16)12(18)14(4,5)9-15;1-11(2,3)7(17)19-6-20-10(18)15-8(12)14-9(13)16(4)5;1-10(2,3)8(15)7(11)5-4-6-14-9(12)13;1-9(2,3)6(15)12-7(10)13-8(11)14(4)5;1-8(2,3)14-12-6(9)11-7(10)13(4)5;1-8(2)6-7-9(3,4)5/h12,15,18H,6-9H2,1-5H3;6H2,1-5H3,(H4,12,13,14,15,18);7H,4-6,11H2,1-3H3,(H4,12,13,14);1-5H3,(H4,10,11,12,13,15);1-5H3,(H4,9,10,11,12);8H,6-7H2,1-5H3/q;;;;;+1/t12-;;7-;;;/m0.0.../s1. The lowest BCUT2D eigenvalue weighted by Gasteiger charge is -2.27. The molecule has 91 heavy (non-hydrogen) atoms. The van der Waals surface area contributed by atoms with Crippen LogP contribution < -0.4 is 50.8 Å². The number of oxime groups is 1. The Morgan fingerprint density at radius 2 is 1.11 bits per heavy atom. The molecule has 0 saturated heterocycles. The highest BCUT2D eigenvalue weighted by Gasteiger charge is 2.33. The summed E-state index contributed by atoms with van der Waals surface area (Å²) in [5.74, 6) is -0.172. The number of esters is 1. The van der Waals surface area contributed by atoms with Gasteiger partial charge in [0.2, 0.25) is 30.6 Å². The van der Waals surface area contributed by atoms with E-state index in [9.17, 15) is 33.9 Å². The Bertz CT molecular complexity index is 2370. The van der Waals surface area contributed by atoms with Gasteiger partial charge in [-0.25, -0.2) is 4.79 Å². The van der Waals surface area contributed by atoms with Crippen molar-refractivity contribution in [3.05, 3.63) is 0 Å². The predicted molar refractivity (Wildman–Crippen MR) is 366 cm³/mol. The normalized spacial score (nSPS) is 13.0. The van der Waals surface area contributed by atoms with Crippen LogP contribution in [0.2, 0.25) is 0 Å². The van der Waals surface area contributed by atoms with Crippen LogP contribution in [0, 0.1) is 43.8 Å². The lowest BCUT2D eigenvalue weighted by Crippen LogP contribution is -2.40. The molecule has 20 N–H and O–H groups in total. The molecular formula is C60H127N20O11+. The van der Waals surface area contributed by atoms with Crippen LogP contribution in [0.25, 0.3) is 0 Å². The fourth-order valence-electron chi connectivity index (χ4n) is 5.00. The van der Waals surface area contributed by atoms with Gasteiger partial charge in [-0.05, 0) is 78.3 Å². The molecule has 0 radical (unpaired) electrons. The van der Waals surface area contributed by atoms with E-state index in [4.69, 9.17) is 65.6 Å². The molecule has 0 bridgehead atoms. The van der Waals surface area contributed by atoms with E-state index < -0.39 is 47.2 Å². The summed E-state index contributed by atoms with van der Waals surface area (Å²) in [6.45, 7) is 35.9. The number of aliphatic hydroxyl groups is 2. The molecule has 0 aromatic heterocycles. The van der Waals surface area contributed by atoms with Crippen LogP contribution in [0.3, 0.4) is 0 Å². The van der Waals surface area contributed by atoms with E-state index >= 15 is 0 Å². The lowest BCUT2D eigenvalue weighted by molar-refractivity contribution is -0.870. The van der Waals surface area contributed by atoms with Crippen LogP contribution in [0.15, 0.2) is 25.1 Å². The number of quaternary nitrogens is 1. The van der Waals surface area contributed by atoms with Gasteiger partial charge >= 0.3 is 12.1 Å². The molecular weight excluding hydrogens is 1180 g/mol. The van der Waals surface area contributed by atoms with Gasteiger partial charge in [0.25, 0.3) is 5.96 Å². The highest BCUT2D eigenvalue weighted by molar-refractivity contribution is 6.02. The first-order valence-corrected chi connectivity index (χ1v) is 29.8. The van der Waals surface area contributed by atoms with E-state index in [1.54, 1.807) is 107 Å². The van der Waals surface area contributed by atoms with Gasteiger partial charge in [-0.3, -0.25) is 50.4 Å². The number of guanidine groups is 7. The van der Waals surface area contributed by atoms with Crippen molar-refractivity contribution in [3.8, 4) is 0 Å². The second kappa shape index (κ2) is 44.3. The fraction of sp³-hybridized carbons (Fsp3) is 0.783. The Morgan fingerprint density at radius 3 is 1.47 bits per heavy atom. The maximum atomic E-state index is 11.7. The Labute approximate surface area is 545 Å². The molecule has 0 unspecified atom stereocenters. The number of Topliss-reactive ketones (excluding diaryl/α,β-unsaturated/α-hetero) is 3. The molecule has 0 rings (SSSR count). The minimum Gasteiger partial charge on any atom is -0.427 e. The van der Waals surface area contributed by atoms with E-state index in [0.29, 0.717) is 25.8 Å². The van der Waals surface area contributed by atoms with Gasteiger partial charge in [-0.2, -0.15) is 15.0 Å². The Kier molecular flexibility index (Phi) is 46.2. The topological polar surface area (TPSA) is 496 Å². The number of nitrogens with one attached hydrogen (secondary N) is 4. The van der Waals surface area contributed by atoms with Crippen LogP contribution in [0.5, 0.6) is 0 Å². The highest BCUT2D eigenvalue weighted by atomic mass is 16.7. The average molecular weight is 1300 g/mol. The molecule has 0 spiro atoms. The first kappa shape index (κ1) is 94.9. The van der Waals surface area contributed by atoms with Gasteiger partial charge in [-0.15, -0.1) is 0 Å². The predicted octanol–water partition coefficient (Wildman–Crippen LogP) is 3.38. The van der Waals surface area contributed by atoms with Crippen LogP contribution >= 0.6 is 0 Å². The van der Waals surface area contributed by atoms with Gasteiger partial charge in [-0.1, -0.05) is 90.0 Å². The highest BCUT2D eigenvalue weighted by Crippen LogP contribution is 2.24. The van der Waals surface area contributed by atoms with Crippen LogP contribution in [-0.4, -0.2) is 214 Å². The molecule has 0 aromatic rings. The minimum atomic E-state index is -1.17. The van der Waals surface area contributed by atoms with Gasteiger partial charge < -0.3 is 83.8 Å². The van der Waals surface area contributed by atoms with Crippen molar-refractivity contribution in [1.29, 1.82) is 10.8 Å². The van der Waals surface area contributed by atoms with Crippen molar-refractivity contribution in [2.75, 3.05) is 89.9 Å². The summed E-state index contributed by atoms with van der Waals surface area (Å²) < 4.78 is 10.4.